The molecule has 128 valence electrons. The highest BCUT2D eigenvalue weighted by Gasteiger charge is 2.28. The van der Waals surface area contributed by atoms with Gasteiger partial charge in [-0.15, -0.1) is 5.10 Å². The first-order valence-electron chi connectivity index (χ1n) is 7.40. The number of rotatable bonds is 7. The predicted molar refractivity (Wildman–Crippen MR) is 82.2 cm³/mol. The average Bonchev–Trinajstić information content (AvgIpc) is 2.95. The van der Waals surface area contributed by atoms with E-state index in [-0.39, 0.29) is 24.9 Å². The highest BCUT2D eigenvalue weighted by molar-refractivity contribution is 5.69. The third-order valence-electron chi connectivity index (χ3n) is 3.42. The van der Waals surface area contributed by atoms with Crippen molar-refractivity contribution in [3.63, 3.8) is 0 Å². The van der Waals surface area contributed by atoms with Gasteiger partial charge in [-0.3, -0.25) is 14.9 Å². The minimum absolute atomic E-state index is 0.0115. The number of esters is 1. The van der Waals surface area contributed by atoms with Crippen LogP contribution in [0.1, 0.15) is 24.4 Å². The molecule has 1 aromatic heterocycles. The van der Waals surface area contributed by atoms with Crippen LogP contribution in [0, 0.1) is 10.1 Å². The summed E-state index contributed by atoms with van der Waals surface area (Å²) in [7, 11) is 3.82. The molecule has 0 amide bonds. The van der Waals surface area contributed by atoms with Gasteiger partial charge in [0.15, 0.2) is 6.04 Å². The Hall–Kier alpha value is -2.88. The van der Waals surface area contributed by atoms with E-state index < -0.39 is 10.9 Å². The van der Waals surface area contributed by atoms with Crippen molar-refractivity contribution in [3.8, 4) is 0 Å². The molecule has 1 atom stereocenters. The van der Waals surface area contributed by atoms with E-state index in [0.717, 1.165) is 10.5 Å². The van der Waals surface area contributed by atoms with E-state index in [9.17, 15) is 14.9 Å². The maximum Gasteiger partial charge on any atom is 0.327 e. The number of nitrogens with zero attached hydrogens (tertiary/aromatic N) is 5. The molecule has 0 radical (unpaired) electrons. The summed E-state index contributed by atoms with van der Waals surface area (Å²) >= 11 is 0. The molecule has 24 heavy (non-hydrogen) atoms. The molecular weight excluding hydrogens is 316 g/mol. The molecule has 0 aliphatic heterocycles. The van der Waals surface area contributed by atoms with E-state index in [1.165, 1.54) is 16.8 Å². The Morgan fingerprint density at radius 1 is 1.38 bits per heavy atom. The largest absolute Gasteiger partial charge is 0.465 e. The molecule has 10 nitrogen and oxygen atoms in total. The maximum absolute atomic E-state index is 11.7. The summed E-state index contributed by atoms with van der Waals surface area (Å²) in [5, 5.41) is 22.3. The number of hydrogen-bond donors (Lipinski definition) is 1. The number of nitro benzene ring substituents is 1. The molecule has 0 aliphatic carbocycles. The number of nitro groups is 1. The van der Waals surface area contributed by atoms with Gasteiger partial charge in [0, 0.05) is 17.7 Å². The fourth-order valence-corrected chi connectivity index (χ4v) is 2.39. The molecule has 0 fully saturated rings. The zero-order chi connectivity index (χ0) is 17.7. The normalized spacial score (nSPS) is 12.2. The Balaban J connectivity index is 2.33. The first-order valence-corrected chi connectivity index (χ1v) is 7.40. The molecule has 2 rings (SSSR count). The Morgan fingerprint density at radius 3 is 2.58 bits per heavy atom. The van der Waals surface area contributed by atoms with Gasteiger partial charge in [0.1, 0.15) is 6.54 Å². The maximum atomic E-state index is 11.7. The molecular formula is C14H19N6O4+. The number of carbonyl (C=O) groups excluding carboxylic acids is 1. The van der Waals surface area contributed by atoms with Gasteiger partial charge in [0.05, 0.1) is 25.6 Å². The van der Waals surface area contributed by atoms with Crippen molar-refractivity contribution in [1.29, 1.82) is 0 Å². The van der Waals surface area contributed by atoms with Crippen molar-refractivity contribution < 1.29 is 19.4 Å². The summed E-state index contributed by atoms with van der Waals surface area (Å²) in [6.07, 6.45) is 0. The quantitative estimate of drug-likeness (QED) is 0.407. The monoisotopic (exact) mass is 335 g/mol. The van der Waals surface area contributed by atoms with Gasteiger partial charge in [0.2, 0.25) is 5.82 Å². The van der Waals surface area contributed by atoms with E-state index in [2.05, 4.69) is 15.5 Å². The zero-order valence-corrected chi connectivity index (χ0v) is 13.7. The number of quaternary nitrogens is 1. The Labute approximate surface area is 138 Å². The number of non-ortho nitro benzene ring substituents is 1. The minimum Gasteiger partial charge on any atom is -0.465 e. The highest BCUT2D eigenvalue weighted by atomic mass is 16.6. The van der Waals surface area contributed by atoms with E-state index in [4.69, 9.17) is 4.74 Å². The van der Waals surface area contributed by atoms with Gasteiger partial charge in [-0.2, -0.15) is 0 Å². The first kappa shape index (κ1) is 17.5. The lowest BCUT2D eigenvalue weighted by atomic mass is 10.0. The number of carbonyl (C=O) groups is 1. The van der Waals surface area contributed by atoms with Gasteiger partial charge < -0.3 is 9.64 Å². The third-order valence-corrected chi connectivity index (χ3v) is 3.42. The van der Waals surface area contributed by atoms with Crippen molar-refractivity contribution in [2.24, 2.45) is 0 Å². The van der Waals surface area contributed by atoms with Crippen LogP contribution in [0.15, 0.2) is 24.3 Å². The van der Waals surface area contributed by atoms with E-state index in [1.807, 2.05) is 14.1 Å². The van der Waals surface area contributed by atoms with Crippen LogP contribution in [0.3, 0.4) is 0 Å². The fourth-order valence-electron chi connectivity index (χ4n) is 2.39. The van der Waals surface area contributed by atoms with Crippen LogP contribution in [0.4, 0.5) is 5.69 Å². The van der Waals surface area contributed by atoms with Crippen LogP contribution in [0.5, 0.6) is 0 Å². The van der Waals surface area contributed by atoms with Crippen LogP contribution in [0.2, 0.25) is 0 Å². The van der Waals surface area contributed by atoms with Crippen LogP contribution in [0.25, 0.3) is 0 Å². The first-order chi connectivity index (χ1) is 11.4. The molecule has 10 heteroatoms. The number of hydrogen-bond acceptors (Lipinski definition) is 7. The second-order valence-corrected chi connectivity index (χ2v) is 5.36. The molecule has 2 aromatic rings. The number of benzene rings is 1. The second kappa shape index (κ2) is 7.59. The second-order valence-electron chi connectivity index (χ2n) is 5.36. The van der Waals surface area contributed by atoms with E-state index >= 15 is 0 Å². The number of tetrazole rings is 1. The van der Waals surface area contributed by atoms with E-state index in [1.54, 1.807) is 19.1 Å². The molecule has 1 N–H and O–H groups in total. The summed E-state index contributed by atoms with van der Waals surface area (Å²) in [5.74, 6) is 0.0548. The summed E-state index contributed by atoms with van der Waals surface area (Å²) in [5.41, 5.74) is 0.817. The molecule has 0 unspecified atom stereocenters. The summed E-state index contributed by atoms with van der Waals surface area (Å²) in [6, 6.07) is 5.92. The van der Waals surface area contributed by atoms with E-state index in [0.29, 0.717) is 5.82 Å². The summed E-state index contributed by atoms with van der Waals surface area (Å²) < 4.78 is 6.31. The van der Waals surface area contributed by atoms with Crippen LogP contribution >= 0.6 is 0 Å². The van der Waals surface area contributed by atoms with Gasteiger partial charge >= 0.3 is 5.97 Å². The van der Waals surface area contributed by atoms with Gasteiger partial charge in [0.25, 0.3) is 5.69 Å². The van der Waals surface area contributed by atoms with Crippen molar-refractivity contribution in [2.45, 2.75) is 19.5 Å². The minimum atomic E-state index is -0.452. The molecule has 0 aliphatic rings. The predicted octanol–water partition coefficient (Wildman–Crippen LogP) is -0.622. The Bertz CT molecular complexity index is 712. The Morgan fingerprint density at radius 2 is 2.04 bits per heavy atom. The van der Waals surface area contributed by atoms with Gasteiger partial charge in [-0.1, -0.05) is 0 Å². The highest BCUT2D eigenvalue weighted by Crippen LogP contribution is 2.20. The molecule has 0 saturated carbocycles. The number of aromatic nitrogens is 4. The zero-order valence-electron chi connectivity index (χ0n) is 13.7. The van der Waals surface area contributed by atoms with Crippen molar-refractivity contribution in [1.82, 2.24) is 20.2 Å². The standard InChI is InChI=1S/C14H18N6O4/c1-4-24-12(21)9-19-14(15-16-17-19)13(18(2)3)10-5-7-11(8-6-10)20(22)23/h5-8,13H,4,9H2,1-3H3/p+1/t13-/m1/s1. The van der Waals surface area contributed by atoms with Crippen LogP contribution in [-0.2, 0) is 16.1 Å². The molecule has 1 heterocycles. The number of ether oxygens (including phenoxy) is 1. The summed E-state index contributed by atoms with van der Waals surface area (Å²) in [6.45, 7) is 1.91. The Kier molecular flexibility index (Phi) is 5.53. The van der Waals surface area contributed by atoms with Crippen molar-refractivity contribution in [3.05, 3.63) is 45.8 Å². The third kappa shape index (κ3) is 3.90. The topological polar surface area (TPSA) is 117 Å². The molecule has 0 bridgehead atoms. The lowest BCUT2D eigenvalue weighted by Crippen LogP contribution is -3.06. The van der Waals surface area contributed by atoms with Crippen molar-refractivity contribution in [2.75, 3.05) is 20.7 Å². The number of nitrogens with one attached hydrogen (secondary N) is 1. The van der Waals surface area contributed by atoms with Crippen LogP contribution < -0.4 is 4.90 Å². The molecule has 0 spiro atoms. The lowest BCUT2D eigenvalue weighted by molar-refractivity contribution is -0.886. The van der Waals surface area contributed by atoms with Gasteiger partial charge in [-0.25, -0.2) is 4.68 Å². The average molecular weight is 335 g/mol. The smallest absolute Gasteiger partial charge is 0.327 e. The van der Waals surface area contributed by atoms with Crippen LogP contribution in [-0.4, -0.2) is 51.8 Å². The SMILES string of the molecule is CCOC(=O)Cn1nnnc1[C@@H](c1ccc([N+](=O)[O-])cc1)[NH+](C)C. The lowest BCUT2D eigenvalue weighted by Gasteiger charge is -2.20. The fraction of sp³-hybridized carbons (Fsp3) is 0.429. The summed E-state index contributed by atoms with van der Waals surface area (Å²) in [4.78, 5) is 23.0. The molecule has 1 aromatic carbocycles. The van der Waals surface area contributed by atoms with Gasteiger partial charge in [-0.05, 0) is 29.5 Å². The molecule has 0 saturated heterocycles. The van der Waals surface area contributed by atoms with Crippen molar-refractivity contribution >= 4 is 11.7 Å².